The van der Waals surface area contributed by atoms with Crippen molar-refractivity contribution in [3.63, 3.8) is 0 Å². The lowest BCUT2D eigenvalue weighted by Crippen LogP contribution is -2.40. The highest BCUT2D eigenvalue weighted by atomic mass is 35.5. The third kappa shape index (κ3) is 2.26. The number of fused-ring (bicyclic) bond motifs is 2. The maximum absolute atomic E-state index is 12.0. The van der Waals surface area contributed by atoms with Gasteiger partial charge >= 0.3 is 0 Å². The molecule has 0 aromatic carbocycles. The smallest absolute Gasteiger partial charge is 0.282 e. The molecule has 6 heteroatoms. The van der Waals surface area contributed by atoms with Crippen molar-refractivity contribution in [2.45, 2.75) is 38.6 Å². The SMILES string of the molecule is CC(NC(=O)c1nnc(Cl)s1)C1CC2CCC1C2. The molecule has 1 amide bonds. The molecule has 0 saturated heterocycles. The highest BCUT2D eigenvalue weighted by Crippen LogP contribution is 2.49. The van der Waals surface area contributed by atoms with Gasteiger partial charge in [0.15, 0.2) is 0 Å². The number of nitrogens with one attached hydrogen (secondary N) is 1. The Bertz CT molecular complexity index is 464. The fourth-order valence-electron chi connectivity index (χ4n) is 3.58. The van der Waals surface area contributed by atoms with Gasteiger partial charge in [0.05, 0.1) is 0 Å². The van der Waals surface area contributed by atoms with Crippen LogP contribution in [0.2, 0.25) is 4.47 Å². The minimum atomic E-state index is -0.144. The monoisotopic (exact) mass is 285 g/mol. The van der Waals surface area contributed by atoms with Gasteiger partial charge in [-0.25, -0.2) is 0 Å². The van der Waals surface area contributed by atoms with E-state index in [0.717, 1.165) is 23.2 Å². The molecular formula is C12H16ClN3OS. The van der Waals surface area contributed by atoms with Gasteiger partial charge in [-0.05, 0) is 55.5 Å². The molecule has 1 heterocycles. The first kappa shape index (κ1) is 12.4. The van der Waals surface area contributed by atoms with Gasteiger partial charge in [-0.3, -0.25) is 4.79 Å². The van der Waals surface area contributed by atoms with E-state index in [4.69, 9.17) is 11.6 Å². The standard InChI is InChI=1S/C12H16ClN3OS/c1-6(9-5-7-2-3-8(9)4-7)14-10(17)11-15-16-12(13)18-11/h6-9H,2-5H2,1H3,(H,14,17). The molecule has 1 aromatic rings. The molecular weight excluding hydrogens is 270 g/mol. The Morgan fingerprint density at radius 3 is 2.83 bits per heavy atom. The summed E-state index contributed by atoms with van der Waals surface area (Å²) in [6.07, 6.45) is 5.34. The van der Waals surface area contributed by atoms with Crippen LogP contribution in [0.1, 0.15) is 42.4 Å². The number of rotatable bonds is 3. The summed E-state index contributed by atoms with van der Waals surface area (Å²) in [7, 11) is 0. The molecule has 4 atom stereocenters. The van der Waals surface area contributed by atoms with Crippen LogP contribution in [-0.2, 0) is 0 Å². The summed E-state index contributed by atoms with van der Waals surface area (Å²) in [6.45, 7) is 2.10. The molecule has 0 spiro atoms. The summed E-state index contributed by atoms with van der Waals surface area (Å²) in [5.41, 5.74) is 0. The maximum Gasteiger partial charge on any atom is 0.282 e. The summed E-state index contributed by atoms with van der Waals surface area (Å²) in [4.78, 5) is 12.0. The zero-order valence-corrected chi connectivity index (χ0v) is 11.8. The summed E-state index contributed by atoms with van der Waals surface area (Å²) in [5, 5.41) is 10.8. The van der Waals surface area contributed by atoms with Crippen LogP contribution in [0.4, 0.5) is 0 Å². The van der Waals surface area contributed by atoms with E-state index in [9.17, 15) is 4.79 Å². The van der Waals surface area contributed by atoms with Crippen molar-refractivity contribution in [1.82, 2.24) is 15.5 Å². The topological polar surface area (TPSA) is 54.9 Å². The first-order valence-electron chi connectivity index (χ1n) is 6.43. The number of hydrogen-bond acceptors (Lipinski definition) is 4. The number of hydrogen-bond donors (Lipinski definition) is 1. The Morgan fingerprint density at radius 1 is 1.44 bits per heavy atom. The molecule has 1 aromatic heterocycles. The highest BCUT2D eigenvalue weighted by Gasteiger charge is 2.42. The number of aromatic nitrogens is 2. The van der Waals surface area contributed by atoms with Gasteiger partial charge in [0, 0.05) is 6.04 Å². The number of carbonyl (C=O) groups is 1. The Balaban J connectivity index is 1.61. The molecule has 4 nitrogen and oxygen atoms in total. The van der Waals surface area contributed by atoms with Gasteiger partial charge in [0.1, 0.15) is 0 Å². The Morgan fingerprint density at radius 2 is 2.28 bits per heavy atom. The molecule has 4 unspecified atom stereocenters. The highest BCUT2D eigenvalue weighted by molar-refractivity contribution is 7.17. The quantitative estimate of drug-likeness (QED) is 0.929. The molecule has 2 fully saturated rings. The van der Waals surface area contributed by atoms with Crippen LogP contribution in [0.5, 0.6) is 0 Å². The third-order valence-corrected chi connectivity index (χ3v) is 5.41. The molecule has 2 saturated carbocycles. The molecule has 2 aliphatic carbocycles. The van der Waals surface area contributed by atoms with Gasteiger partial charge in [0.25, 0.3) is 5.91 Å². The minimum Gasteiger partial charge on any atom is -0.347 e. The van der Waals surface area contributed by atoms with Crippen LogP contribution >= 0.6 is 22.9 Å². The van der Waals surface area contributed by atoms with Crippen LogP contribution < -0.4 is 5.32 Å². The van der Waals surface area contributed by atoms with E-state index in [1.807, 2.05) is 0 Å². The number of halogens is 1. The molecule has 1 N–H and O–H groups in total. The van der Waals surface area contributed by atoms with Crippen LogP contribution in [0, 0.1) is 17.8 Å². The first-order valence-corrected chi connectivity index (χ1v) is 7.63. The van der Waals surface area contributed by atoms with Crippen LogP contribution in [0.25, 0.3) is 0 Å². The second kappa shape index (κ2) is 4.78. The van der Waals surface area contributed by atoms with Gasteiger partial charge < -0.3 is 5.32 Å². The molecule has 18 heavy (non-hydrogen) atoms. The normalized spacial score (nSPS) is 31.6. The largest absolute Gasteiger partial charge is 0.347 e. The fourth-order valence-corrected chi connectivity index (χ4v) is 4.31. The Hall–Kier alpha value is -0.680. The lowest BCUT2D eigenvalue weighted by molar-refractivity contribution is 0.0914. The van der Waals surface area contributed by atoms with E-state index >= 15 is 0 Å². The van der Waals surface area contributed by atoms with Gasteiger partial charge in [-0.2, -0.15) is 0 Å². The van der Waals surface area contributed by atoms with Gasteiger partial charge in [-0.15, -0.1) is 10.2 Å². The van der Waals surface area contributed by atoms with Crippen molar-refractivity contribution in [3.8, 4) is 0 Å². The average molecular weight is 286 g/mol. The Labute approximate surface area is 115 Å². The van der Waals surface area contributed by atoms with E-state index < -0.39 is 0 Å². The maximum atomic E-state index is 12.0. The molecule has 2 aliphatic rings. The van der Waals surface area contributed by atoms with E-state index in [1.54, 1.807) is 0 Å². The zero-order chi connectivity index (χ0) is 12.7. The lowest BCUT2D eigenvalue weighted by atomic mass is 9.84. The van der Waals surface area contributed by atoms with E-state index in [-0.39, 0.29) is 11.9 Å². The zero-order valence-electron chi connectivity index (χ0n) is 10.2. The molecule has 3 rings (SSSR count). The second-order valence-corrected chi connectivity index (χ2v) is 7.02. The van der Waals surface area contributed by atoms with Crippen LogP contribution in [-0.4, -0.2) is 22.1 Å². The number of amides is 1. The average Bonchev–Trinajstić information content (AvgIpc) is 3.03. The summed E-state index contributed by atoms with van der Waals surface area (Å²) < 4.78 is 0.313. The van der Waals surface area contributed by atoms with Crippen LogP contribution in [0.3, 0.4) is 0 Å². The summed E-state index contributed by atoms with van der Waals surface area (Å²) >= 11 is 6.81. The summed E-state index contributed by atoms with van der Waals surface area (Å²) in [5.74, 6) is 2.20. The van der Waals surface area contributed by atoms with E-state index in [2.05, 4.69) is 22.4 Å². The van der Waals surface area contributed by atoms with Crippen molar-refractivity contribution in [2.75, 3.05) is 0 Å². The van der Waals surface area contributed by atoms with Gasteiger partial charge in [0.2, 0.25) is 9.47 Å². The van der Waals surface area contributed by atoms with Crippen molar-refractivity contribution >= 4 is 28.8 Å². The van der Waals surface area contributed by atoms with Crippen molar-refractivity contribution in [3.05, 3.63) is 9.47 Å². The Kier molecular flexibility index (Phi) is 3.28. The van der Waals surface area contributed by atoms with Gasteiger partial charge in [-0.1, -0.05) is 17.8 Å². The predicted octanol–water partition coefficient (Wildman–Crippen LogP) is 2.75. The number of carbonyl (C=O) groups excluding carboxylic acids is 1. The lowest BCUT2D eigenvalue weighted by Gasteiger charge is -2.28. The fraction of sp³-hybridized carbons (Fsp3) is 0.750. The minimum absolute atomic E-state index is 0.144. The second-order valence-electron chi connectivity index (χ2n) is 5.46. The van der Waals surface area contributed by atoms with E-state index in [1.165, 1.54) is 25.7 Å². The summed E-state index contributed by atoms with van der Waals surface area (Å²) in [6, 6.07) is 0.218. The van der Waals surface area contributed by atoms with Crippen molar-refractivity contribution in [2.24, 2.45) is 17.8 Å². The van der Waals surface area contributed by atoms with E-state index in [0.29, 0.717) is 15.4 Å². The number of nitrogens with zero attached hydrogens (tertiary/aromatic N) is 2. The van der Waals surface area contributed by atoms with Crippen molar-refractivity contribution in [1.29, 1.82) is 0 Å². The third-order valence-electron chi connectivity index (χ3n) is 4.39. The first-order chi connectivity index (χ1) is 8.63. The molecule has 98 valence electrons. The van der Waals surface area contributed by atoms with Crippen molar-refractivity contribution < 1.29 is 4.79 Å². The molecule has 2 bridgehead atoms. The predicted molar refractivity (Wildman–Crippen MR) is 70.8 cm³/mol. The van der Waals surface area contributed by atoms with Crippen LogP contribution in [0.15, 0.2) is 0 Å². The molecule has 0 aliphatic heterocycles. The molecule has 0 radical (unpaired) electrons.